The van der Waals surface area contributed by atoms with Crippen molar-refractivity contribution in [3.63, 3.8) is 0 Å². The van der Waals surface area contributed by atoms with Gasteiger partial charge in [0.1, 0.15) is 0 Å². The summed E-state index contributed by atoms with van der Waals surface area (Å²) in [5, 5.41) is 19.3. The van der Waals surface area contributed by atoms with Crippen LogP contribution in [0.3, 0.4) is 0 Å². The first-order valence-electron chi connectivity index (χ1n) is 2.58. The zero-order valence-corrected chi connectivity index (χ0v) is 5.46. The van der Waals surface area contributed by atoms with Gasteiger partial charge in [-0.05, 0) is 13.8 Å². The average molecular weight is 133 g/mol. The van der Waals surface area contributed by atoms with Crippen LogP contribution in [0.1, 0.15) is 13.8 Å². The van der Waals surface area contributed by atoms with Gasteiger partial charge in [0.2, 0.25) is 6.41 Å². The van der Waals surface area contributed by atoms with Crippen molar-refractivity contribution in [3.8, 4) is 0 Å². The predicted octanol–water partition coefficient (Wildman–Crippen LogP) is -1.18. The van der Waals surface area contributed by atoms with Crippen LogP contribution >= 0.6 is 0 Å². The molecule has 0 rings (SSSR count). The largest absolute Gasteiger partial charge is 0.366 e. The smallest absolute Gasteiger partial charge is 0.207 e. The van der Waals surface area contributed by atoms with Crippen LogP contribution in [0, 0.1) is 0 Å². The molecule has 0 atom stereocenters. The van der Waals surface area contributed by atoms with Crippen LogP contribution in [-0.4, -0.2) is 28.5 Å². The third kappa shape index (κ3) is 2.43. The summed E-state index contributed by atoms with van der Waals surface area (Å²) < 4.78 is 0. The highest BCUT2D eigenvalue weighted by Gasteiger charge is 2.24. The third-order valence-corrected chi connectivity index (χ3v) is 1.08. The Labute approximate surface area is 53.5 Å². The Bertz CT molecular complexity index is 100. The van der Waals surface area contributed by atoms with Crippen LogP contribution in [0.2, 0.25) is 0 Å². The SMILES string of the molecule is CC(C)(NC=O)C(O)O. The zero-order valence-electron chi connectivity index (χ0n) is 5.46. The van der Waals surface area contributed by atoms with Gasteiger partial charge >= 0.3 is 0 Å². The first-order chi connectivity index (χ1) is 4.00. The standard InChI is InChI=1S/C5H11NO3/c1-5(2,4(8)9)6-3-7/h3-4,8-9H,1-2H3,(H,6,7). The molecule has 4 nitrogen and oxygen atoms in total. The molecule has 0 saturated carbocycles. The maximum Gasteiger partial charge on any atom is 0.207 e. The van der Waals surface area contributed by atoms with E-state index in [0.29, 0.717) is 6.41 Å². The number of aliphatic hydroxyl groups is 2. The number of nitrogens with one attached hydrogen (secondary N) is 1. The second-order valence-corrected chi connectivity index (χ2v) is 2.36. The van der Waals surface area contributed by atoms with Gasteiger partial charge in [0.05, 0.1) is 5.54 Å². The fourth-order valence-corrected chi connectivity index (χ4v) is 0.226. The summed E-state index contributed by atoms with van der Waals surface area (Å²) in [7, 11) is 0. The zero-order chi connectivity index (χ0) is 7.49. The Morgan fingerprint density at radius 2 is 2.00 bits per heavy atom. The van der Waals surface area contributed by atoms with Crippen LogP contribution < -0.4 is 5.32 Å². The molecular weight excluding hydrogens is 122 g/mol. The molecule has 0 aliphatic carbocycles. The van der Waals surface area contributed by atoms with Crippen molar-refractivity contribution in [2.45, 2.75) is 25.7 Å². The summed E-state index contributed by atoms with van der Waals surface area (Å²) in [5.74, 6) is 0. The Balaban J connectivity index is 3.84. The van der Waals surface area contributed by atoms with Crippen LogP contribution in [-0.2, 0) is 4.79 Å². The van der Waals surface area contributed by atoms with Crippen molar-refractivity contribution in [2.24, 2.45) is 0 Å². The summed E-state index contributed by atoms with van der Waals surface area (Å²) in [4.78, 5) is 9.79. The fourth-order valence-electron chi connectivity index (χ4n) is 0.226. The molecule has 0 unspecified atom stereocenters. The molecule has 0 heterocycles. The van der Waals surface area contributed by atoms with Gasteiger partial charge in [0.15, 0.2) is 6.29 Å². The summed E-state index contributed by atoms with van der Waals surface area (Å²) in [6.07, 6.45) is -1.10. The molecule has 9 heavy (non-hydrogen) atoms. The minimum atomic E-state index is -1.53. The quantitative estimate of drug-likeness (QED) is 0.335. The minimum absolute atomic E-state index is 0.430. The van der Waals surface area contributed by atoms with Gasteiger partial charge in [0.25, 0.3) is 0 Å². The Kier molecular flexibility index (Phi) is 2.61. The molecule has 0 aliphatic heterocycles. The van der Waals surface area contributed by atoms with Crippen molar-refractivity contribution >= 4 is 6.41 Å². The summed E-state index contributed by atoms with van der Waals surface area (Å²) in [6.45, 7) is 3.01. The lowest BCUT2D eigenvalue weighted by molar-refractivity contribution is -0.123. The maximum atomic E-state index is 9.79. The number of aliphatic hydroxyl groups excluding tert-OH is 1. The van der Waals surface area contributed by atoms with E-state index in [1.54, 1.807) is 0 Å². The highest BCUT2D eigenvalue weighted by molar-refractivity contribution is 5.47. The molecule has 54 valence electrons. The van der Waals surface area contributed by atoms with E-state index in [4.69, 9.17) is 10.2 Å². The molecule has 0 fully saturated rings. The van der Waals surface area contributed by atoms with E-state index in [-0.39, 0.29) is 0 Å². The van der Waals surface area contributed by atoms with E-state index >= 15 is 0 Å². The van der Waals surface area contributed by atoms with E-state index in [1.807, 2.05) is 0 Å². The highest BCUT2D eigenvalue weighted by atomic mass is 16.5. The Hall–Kier alpha value is -0.610. The second-order valence-electron chi connectivity index (χ2n) is 2.36. The number of amides is 1. The Morgan fingerprint density at radius 1 is 1.56 bits per heavy atom. The molecule has 0 spiro atoms. The van der Waals surface area contributed by atoms with E-state index in [9.17, 15) is 4.79 Å². The van der Waals surface area contributed by atoms with Crippen LogP contribution in [0.25, 0.3) is 0 Å². The molecule has 0 radical (unpaired) electrons. The van der Waals surface area contributed by atoms with E-state index in [2.05, 4.69) is 5.32 Å². The monoisotopic (exact) mass is 133 g/mol. The van der Waals surface area contributed by atoms with Gasteiger partial charge in [0, 0.05) is 0 Å². The van der Waals surface area contributed by atoms with Crippen molar-refractivity contribution < 1.29 is 15.0 Å². The molecule has 0 saturated heterocycles. The Morgan fingerprint density at radius 3 is 2.11 bits per heavy atom. The summed E-state index contributed by atoms with van der Waals surface area (Å²) in [6, 6.07) is 0. The topological polar surface area (TPSA) is 69.6 Å². The fraction of sp³-hybridized carbons (Fsp3) is 0.800. The van der Waals surface area contributed by atoms with Crippen LogP contribution in [0.5, 0.6) is 0 Å². The lowest BCUT2D eigenvalue weighted by Crippen LogP contribution is -2.48. The second kappa shape index (κ2) is 2.80. The van der Waals surface area contributed by atoms with Gasteiger partial charge in [-0.25, -0.2) is 0 Å². The van der Waals surface area contributed by atoms with Gasteiger partial charge in [-0.3, -0.25) is 4.79 Å². The molecule has 0 aromatic carbocycles. The van der Waals surface area contributed by atoms with E-state index < -0.39 is 11.8 Å². The van der Waals surface area contributed by atoms with Gasteiger partial charge in [-0.15, -0.1) is 0 Å². The summed E-state index contributed by atoms with van der Waals surface area (Å²) >= 11 is 0. The molecule has 1 amide bonds. The molecule has 0 aromatic rings. The first-order valence-corrected chi connectivity index (χ1v) is 2.58. The van der Waals surface area contributed by atoms with Crippen LogP contribution in [0.4, 0.5) is 0 Å². The molecule has 0 bridgehead atoms. The average Bonchev–Trinajstić information content (AvgIpc) is 1.65. The highest BCUT2D eigenvalue weighted by Crippen LogP contribution is 2.03. The van der Waals surface area contributed by atoms with E-state index in [1.165, 1.54) is 13.8 Å². The number of hydrogen-bond acceptors (Lipinski definition) is 3. The number of hydrogen-bond donors (Lipinski definition) is 3. The van der Waals surface area contributed by atoms with Gasteiger partial charge in [-0.2, -0.15) is 0 Å². The maximum absolute atomic E-state index is 9.79. The van der Waals surface area contributed by atoms with Crippen LogP contribution in [0.15, 0.2) is 0 Å². The lowest BCUT2D eigenvalue weighted by Gasteiger charge is -2.25. The molecular formula is C5H11NO3. The molecule has 4 heteroatoms. The minimum Gasteiger partial charge on any atom is -0.366 e. The number of carbonyl (C=O) groups excluding carboxylic acids is 1. The number of rotatable bonds is 3. The molecule has 3 N–H and O–H groups in total. The first kappa shape index (κ1) is 8.39. The van der Waals surface area contributed by atoms with Gasteiger partial charge < -0.3 is 15.5 Å². The summed E-state index contributed by atoms with van der Waals surface area (Å²) in [5.41, 5.74) is -0.957. The number of carbonyl (C=O) groups is 1. The van der Waals surface area contributed by atoms with Crippen molar-refractivity contribution in [1.82, 2.24) is 5.32 Å². The van der Waals surface area contributed by atoms with Crippen molar-refractivity contribution in [1.29, 1.82) is 0 Å². The van der Waals surface area contributed by atoms with Crippen molar-refractivity contribution in [3.05, 3.63) is 0 Å². The normalized spacial score (nSPS) is 11.7. The van der Waals surface area contributed by atoms with Crippen molar-refractivity contribution in [2.75, 3.05) is 0 Å². The van der Waals surface area contributed by atoms with E-state index in [0.717, 1.165) is 0 Å². The molecule has 0 aromatic heterocycles. The molecule has 0 aliphatic rings. The third-order valence-electron chi connectivity index (χ3n) is 1.08. The van der Waals surface area contributed by atoms with Gasteiger partial charge in [-0.1, -0.05) is 0 Å². The lowest BCUT2D eigenvalue weighted by atomic mass is 10.1. The predicted molar refractivity (Wildman–Crippen MR) is 31.5 cm³/mol.